The average Bonchev–Trinajstić information content (AvgIpc) is 3.28. The summed E-state index contributed by atoms with van der Waals surface area (Å²) >= 11 is 0. The molecular weight excluding hydrogens is 471 g/mol. The maximum atomic E-state index is 13.7. The van der Waals surface area contributed by atoms with Crippen molar-refractivity contribution < 1.29 is 27.3 Å². The van der Waals surface area contributed by atoms with Crippen molar-refractivity contribution in [3.05, 3.63) is 85.6 Å². The summed E-state index contributed by atoms with van der Waals surface area (Å²) in [5.74, 6) is -1.68. The van der Waals surface area contributed by atoms with Crippen LogP contribution in [0.15, 0.2) is 51.7 Å². The molecule has 4 rings (SSSR count). The normalized spacial score (nSPS) is 11.7. The van der Waals surface area contributed by atoms with Crippen molar-refractivity contribution >= 4 is 22.7 Å². The number of carbonyl (C=O) groups is 1. The van der Waals surface area contributed by atoms with Crippen molar-refractivity contribution in [1.82, 2.24) is 19.7 Å². The molecule has 0 fully saturated rings. The Morgan fingerprint density at radius 3 is 2.54 bits per heavy atom. The van der Waals surface area contributed by atoms with Crippen LogP contribution in [0, 0.1) is 24.0 Å². The van der Waals surface area contributed by atoms with E-state index in [-0.39, 0.29) is 28.0 Å². The second-order valence-corrected chi connectivity index (χ2v) is 7.82. The molecular formula is C22H18F3N5O5. The number of fused-ring (bicyclic) bond motifs is 1. The quantitative estimate of drug-likeness (QED) is 0.326. The van der Waals surface area contributed by atoms with Crippen LogP contribution in [0.1, 0.15) is 22.5 Å². The van der Waals surface area contributed by atoms with E-state index in [9.17, 15) is 32.9 Å². The number of carbonyl (C=O) groups excluding carboxylic acids is 1. The first-order chi connectivity index (χ1) is 16.4. The number of oxazole rings is 1. The van der Waals surface area contributed by atoms with Crippen LogP contribution in [0.2, 0.25) is 0 Å². The predicted octanol–water partition coefficient (Wildman–Crippen LogP) is 3.64. The first kappa shape index (κ1) is 23.7. The van der Waals surface area contributed by atoms with Crippen LogP contribution in [0.25, 0.3) is 16.8 Å². The van der Waals surface area contributed by atoms with Gasteiger partial charge in [0.15, 0.2) is 5.58 Å². The zero-order valence-corrected chi connectivity index (χ0v) is 18.4. The first-order valence-corrected chi connectivity index (χ1v) is 10.2. The lowest BCUT2D eigenvalue weighted by atomic mass is 10.1. The molecule has 0 atom stereocenters. The van der Waals surface area contributed by atoms with Gasteiger partial charge >= 0.3 is 11.9 Å². The number of benzene rings is 2. The average molecular weight is 489 g/mol. The van der Waals surface area contributed by atoms with E-state index >= 15 is 0 Å². The Hall–Kier alpha value is -4.42. The Morgan fingerprint density at radius 2 is 1.91 bits per heavy atom. The van der Waals surface area contributed by atoms with Crippen LogP contribution in [0.4, 0.5) is 18.9 Å². The highest BCUT2D eigenvalue weighted by Crippen LogP contribution is 2.33. The van der Waals surface area contributed by atoms with E-state index in [4.69, 9.17) is 4.42 Å². The van der Waals surface area contributed by atoms with Gasteiger partial charge in [-0.25, -0.2) is 9.48 Å². The van der Waals surface area contributed by atoms with E-state index in [1.54, 1.807) is 19.9 Å². The SMILES string of the molecule is Cc1cc(C)n(-c2ccc(CNC(=O)Cn3c(=O)oc4cc([N+](=O)[O-])ccc43)c(C(F)(F)F)c2)n1. The zero-order chi connectivity index (χ0) is 25.5. The molecule has 0 unspecified atom stereocenters. The summed E-state index contributed by atoms with van der Waals surface area (Å²) < 4.78 is 48.5. The van der Waals surface area contributed by atoms with Gasteiger partial charge in [-0.1, -0.05) is 6.07 Å². The van der Waals surface area contributed by atoms with Gasteiger partial charge in [-0.05, 0) is 43.7 Å². The third-order valence-corrected chi connectivity index (χ3v) is 5.29. The Morgan fingerprint density at radius 1 is 1.17 bits per heavy atom. The van der Waals surface area contributed by atoms with Gasteiger partial charge in [-0.3, -0.25) is 19.5 Å². The molecule has 1 N–H and O–H groups in total. The number of rotatable bonds is 6. The molecule has 0 saturated carbocycles. The summed E-state index contributed by atoms with van der Waals surface area (Å²) in [5, 5.41) is 17.5. The molecule has 2 aromatic carbocycles. The van der Waals surface area contributed by atoms with Crippen LogP contribution in [0.3, 0.4) is 0 Å². The van der Waals surface area contributed by atoms with Crippen LogP contribution < -0.4 is 11.1 Å². The predicted molar refractivity (Wildman–Crippen MR) is 117 cm³/mol. The summed E-state index contributed by atoms with van der Waals surface area (Å²) in [5.41, 5.74) is 0.202. The van der Waals surface area contributed by atoms with Crippen molar-refractivity contribution in [2.45, 2.75) is 33.1 Å². The molecule has 0 radical (unpaired) electrons. The minimum absolute atomic E-state index is 0.0869. The molecule has 1 amide bonds. The van der Waals surface area contributed by atoms with E-state index in [0.29, 0.717) is 11.4 Å². The van der Waals surface area contributed by atoms with Crippen molar-refractivity contribution in [2.75, 3.05) is 0 Å². The Balaban J connectivity index is 1.55. The smallest absolute Gasteiger partial charge is 0.407 e. The summed E-state index contributed by atoms with van der Waals surface area (Å²) in [6.07, 6.45) is -4.68. The maximum absolute atomic E-state index is 13.7. The Labute approximate surface area is 194 Å². The number of halogens is 3. The number of nitro benzene ring substituents is 1. The number of non-ortho nitro benzene ring substituents is 1. The first-order valence-electron chi connectivity index (χ1n) is 10.2. The number of aryl methyl sites for hydroxylation is 2. The molecule has 35 heavy (non-hydrogen) atoms. The third-order valence-electron chi connectivity index (χ3n) is 5.29. The fourth-order valence-electron chi connectivity index (χ4n) is 3.72. The van der Waals surface area contributed by atoms with E-state index in [1.165, 1.54) is 22.9 Å². The van der Waals surface area contributed by atoms with E-state index in [2.05, 4.69) is 10.4 Å². The topological polar surface area (TPSA) is 125 Å². The highest BCUT2D eigenvalue weighted by Gasteiger charge is 2.34. The maximum Gasteiger partial charge on any atom is 0.420 e. The second kappa shape index (κ2) is 8.74. The van der Waals surface area contributed by atoms with Crippen molar-refractivity contribution in [1.29, 1.82) is 0 Å². The molecule has 0 aliphatic carbocycles. The largest absolute Gasteiger partial charge is 0.420 e. The number of alkyl halides is 3. The fraction of sp³-hybridized carbons (Fsp3) is 0.227. The summed E-state index contributed by atoms with van der Waals surface area (Å²) in [7, 11) is 0. The van der Waals surface area contributed by atoms with Gasteiger partial charge in [0.2, 0.25) is 5.91 Å². The van der Waals surface area contributed by atoms with Gasteiger partial charge in [-0.15, -0.1) is 0 Å². The number of nitro groups is 1. The lowest BCUT2D eigenvalue weighted by Crippen LogP contribution is -2.31. The van der Waals surface area contributed by atoms with Gasteiger partial charge in [0.05, 0.1) is 33.5 Å². The number of nitrogens with one attached hydrogen (secondary N) is 1. The Bertz CT molecular complexity index is 1520. The lowest BCUT2D eigenvalue weighted by Gasteiger charge is -2.16. The fourth-order valence-corrected chi connectivity index (χ4v) is 3.72. The minimum atomic E-state index is -4.68. The van der Waals surface area contributed by atoms with Crippen LogP contribution in [-0.4, -0.2) is 25.2 Å². The highest BCUT2D eigenvalue weighted by atomic mass is 19.4. The molecule has 0 spiro atoms. The number of amides is 1. The molecule has 2 aromatic heterocycles. The minimum Gasteiger partial charge on any atom is -0.407 e. The van der Waals surface area contributed by atoms with E-state index < -0.39 is 41.4 Å². The molecule has 0 saturated heterocycles. The van der Waals surface area contributed by atoms with Gasteiger partial charge in [0, 0.05) is 18.3 Å². The summed E-state index contributed by atoms with van der Waals surface area (Å²) in [6, 6.07) is 8.87. The molecule has 0 aliphatic heterocycles. The summed E-state index contributed by atoms with van der Waals surface area (Å²) in [4.78, 5) is 34.8. The summed E-state index contributed by atoms with van der Waals surface area (Å²) in [6.45, 7) is 2.46. The second-order valence-electron chi connectivity index (χ2n) is 7.82. The molecule has 2 heterocycles. The number of hydrogen-bond acceptors (Lipinski definition) is 6. The third kappa shape index (κ3) is 4.78. The van der Waals surface area contributed by atoms with Crippen LogP contribution in [0.5, 0.6) is 0 Å². The van der Waals surface area contributed by atoms with Gasteiger partial charge < -0.3 is 9.73 Å². The van der Waals surface area contributed by atoms with Crippen LogP contribution in [-0.2, 0) is 24.1 Å². The molecule has 0 bridgehead atoms. The number of nitrogens with zero attached hydrogens (tertiary/aromatic N) is 4. The molecule has 0 aliphatic rings. The standard InChI is InChI=1S/C22H18F3N5O5/c1-12-7-13(2)29(27-12)15-4-3-14(17(8-15)22(23,24)25)10-26-20(31)11-28-18-6-5-16(30(33)34)9-19(18)35-21(28)32/h3-9H,10-11H2,1-2H3,(H,26,31). The van der Waals surface area contributed by atoms with Gasteiger partial charge in [0.25, 0.3) is 5.69 Å². The molecule has 13 heteroatoms. The van der Waals surface area contributed by atoms with E-state index in [0.717, 1.165) is 22.8 Å². The Kier molecular flexibility index (Phi) is 5.92. The van der Waals surface area contributed by atoms with Crippen molar-refractivity contribution in [3.8, 4) is 5.69 Å². The zero-order valence-electron chi connectivity index (χ0n) is 18.4. The number of hydrogen-bond donors (Lipinski definition) is 1. The van der Waals surface area contributed by atoms with E-state index in [1.807, 2.05) is 0 Å². The molecule has 4 aromatic rings. The lowest BCUT2D eigenvalue weighted by molar-refractivity contribution is -0.384. The van der Waals surface area contributed by atoms with Crippen molar-refractivity contribution in [2.24, 2.45) is 0 Å². The van der Waals surface area contributed by atoms with Crippen molar-refractivity contribution in [3.63, 3.8) is 0 Å². The van der Waals surface area contributed by atoms with Crippen LogP contribution >= 0.6 is 0 Å². The highest BCUT2D eigenvalue weighted by molar-refractivity contribution is 5.80. The van der Waals surface area contributed by atoms with Gasteiger partial charge in [-0.2, -0.15) is 18.3 Å². The van der Waals surface area contributed by atoms with Gasteiger partial charge in [0.1, 0.15) is 6.54 Å². The molecule has 182 valence electrons. The number of aromatic nitrogens is 3. The monoisotopic (exact) mass is 489 g/mol. The molecule has 10 nitrogen and oxygen atoms in total.